The van der Waals surface area contributed by atoms with Gasteiger partial charge in [-0.2, -0.15) is 0 Å². The zero-order valence-corrected chi connectivity index (χ0v) is 14.7. The van der Waals surface area contributed by atoms with Crippen molar-refractivity contribution in [3.8, 4) is 11.5 Å². The van der Waals surface area contributed by atoms with Crippen LogP contribution in [0.3, 0.4) is 0 Å². The lowest BCUT2D eigenvalue weighted by atomic mass is 10.1. The second-order valence-corrected chi connectivity index (χ2v) is 6.26. The molecule has 0 bridgehead atoms. The van der Waals surface area contributed by atoms with Crippen molar-refractivity contribution in [2.75, 3.05) is 14.2 Å². The van der Waals surface area contributed by atoms with Gasteiger partial charge in [0.15, 0.2) is 11.5 Å². The van der Waals surface area contributed by atoms with Crippen LogP contribution in [0.25, 0.3) is 0 Å². The second-order valence-electron chi connectivity index (χ2n) is 5.85. The van der Waals surface area contributed by atoms with Crippen LogP contribution in [-0.4, -0.2) is 35.7 Å². The van der Waals surface area contributed by atoms with Crippen molar-refractivity contribution >= 4 is 17.5 Å². The zero-order valence-electron chi connectivity index (χ0n) is 13.9. The standard InChI is InChI=1S/C17H20ClN3O3/c1-10-8-21-9-12(4-5-15(21)19-10)20-17(22)11-6-13(18)16(24-3)14(7-11)23-2/h6-8,12H,4-5,9H2,1-3H3,(H,20,22). The van der Waals surface area contributed by atoms with Gasteiger partial charge < -0.3 is 19.4 Å². The normalized spacial score (nSPS) is 16.4. The molecule has 7 heteroatoms. The van der Waals surface area contributed by atoms with Crippen molar-refractivity contribution in [1.82, 2.24) is 14.9 Å². The van der Waals surface area contributed by atoms with E-state index in [-0.39, 0.29) is 11.9 Å². The van der Waals surface area contributed by atoms with Crippen LogP contribution in [0.4, 0.5) is 0 Å². The number of aryl methyl sites for hydroxylation is 2. The third-order valence-electron chi connectivity index (χ3n) is 4.14. The molecule has 24 heavy (non-hydrogen) atoms. The van der Waals surface area contributed by atoms with Crippen LogP contribution < -0.4 is 14.8 Å². The molecule has 0 saturated heterocycles. The number of fused-ring (bicyclic) bond motifs is 1. The Bertz CT molecular complexity index is 773. The number of ether oxygens (including phenoxy) is 2. The molecular weight excluding hydrogens is 330 g/mol. The van der Waals surface area contributed by atoms with Gasteiger partial charge in [0.1, 0.15) is 5.82 Å². The Morgan fingerprint density at radius 2 is 2.17 bits per heavy atom. The van der Waals surface area contributed by atoms with Crippen LogP contribution in [0, 0.1) is 6.92 Å². The first-order valence-electron chi connectivity index (χ1n) is 7.77. The molecule has 2 aromatic rings. The number of amides is 1. The van der Waals surface area contributed by atoms with Gasteiger partial charge in [0.2, 0.25) is 0 Å². The van der Waals surface area contributed by atoms with Crippen molar-refractivity contribution < 1.29 is 14.3 Å². The third-order valence-corrected chi connectivity index (χ3v) is 4.42. The van der Waals surface area contributed by atoms with Crippen molar-refractivity contribution in [2.24, 2.45) is 0 Å². The molecule has 1 aromatic heterocycles. The lowest BCUT2D eigenvalue weighted by molar-refractivity contribution is 0.0927. The molecule has 2 heterocycles. The van der Waals surface area contributed by atoms with E-state index in [1.54, 1.807) is 12.1 Å². The fourth-order valence-electron chi connectivity index (χ4n) is 3.02. The van der Waals surface area contributed by atoms with Crippen molar-refractivity contribution in [3.05, 3.63) is 40.4 Å². The highest BCUT2D eigenvalue weighted by molar-refractivity contribution is 6.32. The van der Waals surface area contributed by atoms with Gasteiger partial charge in [0.25, 0.3) is 5.91 Å². The summed E-state index contributed by atoms with van der Waals surface area (Å²) in [4.78, 5) is 17.0. The van der Waals surface area contributed by atoms with Gasteiger partial charge in [-0.15, -0.1) is 0 Å². The Labute approximate surface area is 145 Å². The Hall–Kier alpha value is -2.21. The number of aromatic nitrogens is 2. The first-order chi connectivity index (χ1) is 11.5. The van der Waals surface area contributed by atoms with E-state index in [0.717, 1.165) is 30.9 Å². The molecule has 0 fully saturated rings. The monoisotopic (exact) mass is 349 g/mol. The Balaban J connectivity index is 1.75. The average molecular weight is 350 g/mol. The zero-order chi connectivity index (χ0) is 17.3. The number of carbonyl (C=O) groups excluding carboxylic acids is 1. The smallest absolute Gasteiger partial charge is 0.251 e. The van der Waals surface area contributed by atoms with Crippen molar-refractivity contribution in [1.29, 1.82) is 0 Å². The van der Waals surface area contributed by atoms with Gasteiger partial charge in [-0.3, -0.25) is 4.79 Å². The molecule has 0 saturated carbocycles. The Morgan fingerprint density at radius 1 is 1.38 bits per heavy atom. The highest BCUT2D eigenvalue weighted by Gasteiger charge is 2.23. The number of benzene rings is 1. The van der Waals surface area contributed by atoms with Crippen molar-refractivity contribution in [2.45, 2.75) is 32.4 Å². The first kappa shape index (κ1) is 16.6. The number of halogens is 1. The van der Waals surface area contributed by atoms with Gasteiger partial charge in [-0.1, -0.05) is 11.6 Å². The predicted octanol–water partition coefficient (Wildman–Crippen LogP) is 2.61. The lowest BCUT2D eigenvalue weighted by Crippen LogP contribution is -2.40. The van der Waals surface area contributed by atoms with Crippen LogP contribution in [0.5, 0.6) is 11.5 Å². The Morgan fingerprint density at radius 3 is 2.88 bits per heavy atom. The summed E-state index contributed by atoms with van der Waals surface area (Å²) in [6.07, 6.45) is 3.73. The van der Waals surface area contributed by atoms with Crippen LogP contribution >= 0.6 is 11.6 Å². The van der Waals surface area contributed by atoms with Gasteiger partial charge >= 0.3 is 0 Å². The second kappa shape index (κ2) is 6.73. The molecule has 0 spiro atoms. The molecule has 1 aliphatic heterocycles. The number of hydrogen-bond donors (Lipinski definition) is 1. The number of nitrogens with one attached hydrogen (secondary N) is 1. The first-order valence-corrected chi connectivity index (χ1v) is 8.14. The van der Waals surface area contributed by atoms with Gasteiger partial charge in [0.05, 0.1) is 24.9 Å². The number of imidazole rings is 1. The van der Waals surface area contributed by atoms with E-state index >= 15 is 0 Å². The molecule has 1 aliphatic rings. The summed E-state index contributed by atoms with van der Waals surface area (Å²) in [5.74, 6) is 1.76. The molecule has 1 atom stereocenters. The molecule has 0 radical (unpaired) electrons. The SMILES string of the molecule is COc1cc(C(=O)NC2CCc3nc(C)cn3C2)cc(Cl)c1OC. The summed E-state index contributed by atoms with van der Waals surface area (Å²) in [6.45, 7) is 2.70. The predicted molar refractivity (Wildman–Crippen MR) is 91.1 cm³/mol. The van der Waals surface area contributed by atoms with E-state index in [2.05, 4.69) is 14.9 Å². The van der Waals surface area contributed by atoms with Crippen LogP contribution in [0.1, 0.15) is 28.3 Å². The van der Waals surface area contributed by atoms with E-state index in [9.17, 15) is 4.79 Å². The molecule has 1 N–H and O–H groups in total. The van der Waals surface area contributed by atoms with Crippen LogP contribution in [0.15, 0.2) is 18.3 Å². The minimum absolute atomic E-state index is 0.0606. The molecular formula is C17H20ClN3O3. The molecule has 0 aliphatic carbocycles. The lowest BCUT2D eigenvalue weighted by Gasteiger charge is -2.25. The maximum Gasteiger partial charge on any atom is 0.251 e. The maximum absolute atomic E-state index is 12.6. The molecule has 1 aromatic carbocycles. The maximum atomic E-state index is 12.6. The van der Waals surface area contributed by atoms with E-state index < -0.39 is 0 Å². The number of carbonyl (C=O) groups is 1. The van der Waals surface area contributed by atoms with Crippen LogP contribution in [-0.2, 0) is 13.0 Å². The molecule has 1 unspecified atom stereocenters. The summed E-state index contributed by atoms with van der Waals surface area (Å²) in [5.41, 5.74) is 1.45. The number of nitrogens with zero attached hydrogens (tertiary/aromatic N) is 2. The molecule has 128 valence electrons. The van der Waals surface area contributed by atoms with E-state index in [1.807, 2.05) is 13.1 Å². The van der Waals surface area contributed by atoms with E-state index in [1.165, 1.54) is 14.2 Å². The van der Waals surface area contributed by atoms with Gasteiger partial charge in [-0.25, -0.2) is 4.98 Å². The highest BCUT2D eigenvalue weighted by Crippen LogP contribution is 2.36. The topological polar surface area (TPSA) is 65.4 Å². The summed E-state index contributed by atoms with van der Waals surface area (Å²) in [6, 6.07) is 3.29. The molecule has 1 amide bonds. The highest BCUT2D eigenvalue weighted by atomic mass is 35.5. The molecule has 6 nitrogen and oxygen atoms in total. The third kappa shape index (κ3) is 3.19. The van der Waals surface area contributed by atoms with E-state index in [0.29, 0.717) is 22.1 Å². The van der Waals surface area contributed by atoms with E-state index in [4.69, 9.17) is 21.1 Å². The van der Waals surface area contributed by atoms with Gasteiger partial charge in [0, 0.05) is 30.8 Å². The summed E-state index contributed by atoms with van der Waals surface area (Å²) in [7, 11) is 3.02. The minimum atomic E-state index is -0.178. The summed E-state index contributed by atoms with van der Waals surface area (Å²) in [5, 5.41) is 3.40. The average Bonchev–Trinajstić information content (AvgIpc) is 2.93. The van der Waals surface area contributed by atoms with Crippen molar-refractivity contribution in [3.63, 3.8) is 0 Å². The van der Waals surface area contributed by atoms with Crippen LogP contribution in [0.2, 0.25) is 5.02 Å². The summed E-state index contributed by atoms with van der Waals surface area (Å²) < 4.78 is 12.5. The largest absolute Gasteiger partial charge is 0.493 e. The fourth-order valence-corrected chi connectivity index (χ4v) is 3.31. The number of methoxy groups -OCH3 is 2. The summed E-state index contributed by atoms with van der Waals surface area (Å²) >= 11 is 6.17. The Kier molecular flexibility index (Phi) is 4.66. The molecule has 3 rings (SSSR count). The number of hydrogen-bond acceptors (Lipinski definition) is 4. The minimum Gasteiger partial charge on any atom is -0.493 e. The quantitative estimate of drug-likeness (QED) is 0.921. The fraction of sp³-hybridized carbons (Fsp3) is 0.412. The van der Waals surface area contributed by atoms with Gasteiger partial charge in [-0.05, 0) is 25.5 Å². The number of rotatable bonds is 4.